The lowest BCUT2D eigenvalue weighted by molar-refractivity contribution is -0.149. The first kappa shape index (κ1) is 21.7. The molecule has 1 aromatic rings. The standard InChI is InChI=1S/C24H32N2O5/c1-30-20-4-2-16(3-5-20)14-26-21(27)15-31-22(28)6-7-25-23(29)24-11-17-8-18(12-24)10-19(9-17)13-24/h2-5,17-19H,6-15H2,1H3,(H,25,29)(H,26,27). The fourth-order valence-electron chi connectivity index (χ4n) is 6.07. The fourth-order valence-corrected chi connectivity index (χ4v) is 6.07. The average Bonchev–Trinajstić information content (AvgIpc) is 2.75. The molecule has 2 N–H and O–H groups in total. The summed E-state index contributed by atoms with van der Waals surface area (Å²) in [6, 6.07) is 7.35. The smallest absolute Gasteiger partial charge is 0.308 e. The molecule has 4 fully saturated rings. The van der Waals surface area contributed by atoms with Crippen LogP contribution in [0.15, 0.2) is 24.3 Å². The zero-order valence-corrected chi connectivity index (χ0v) is 18.2. The molecule has 4 aliphatic rings. The minimum absolute atomic E-state index is 0.0733. The summed E-state index contributed by atoms with van der Waals surface area (Å²) in [7, 11) is 1.60. The van der Waals surface area contributed by atoms with Gasteiger partial charge < -0.3 is 20.1 Å². The minimum atomic E-state index is -0.481. The van der Waals surface area contributed by atoms with Gasteiger partial charge in [0.25, 0.3) is 5.91 Å². The van der Waals surface area contributed by atoms with Gasteiger partial charge in [0, 0.05) is 18.5 Å². The van der Waals surface area contributed by atoms with Crippen molar-refractivity contribution >= 4 is 17.8 Å². The van der Waals surface area contributed by atoms with Gasteiger partial charge in [-0.1, -0.05) is 12.1 Å². The maximum Gasteiger partial charge on any atom is 0.308 e. The molecule has 0 radical (unpaired) electrons. The van der Waals surface area contributed by atoms with E-state index in [1.807, 2.05) is 24.3 Å². The van der Waals surface area contributed by atoms with Crippen LogP contribution in [0.1, 0.15) is 50.5 Å². The highest BCUT2D eigenvalue weighted by Crippen LogP contribution is 2.60. The third-order valence-electron chi connectivity index (χ3n) is 7.15. The van der Waals surface area contributed by atoms with E-state index in [-0.39, 0.29) is 36.8 Å². The van der Waals surface area contributed by atoms with Crippen molar-refractivity contribution in [1.82, 2.24) is 10.6 Å². The summed E-state index contributed by atoms with van der Waals surface area (Å²) in [5, 5.41) is 5.68. The lowest BCUT2D eigenvalue weighted by Crippen LogP contribution is -2.53. The normalized spacial score (nSPS) is 28.1. The van der Waals surface area contributed by atoms with Gasteiger partial charge in [-0.3, -0.25) is 14.4 Å². The zero-order chi connectivity index (χ0) is 21.8. The Hall–Kier alpha value is -2.57. The van der Waals surface area contributed by atoms with Crippen LogP contribution in [0.25, 0.3) is 0 Å². The molecule has 31 heavy (non-hydrogen) atoms. The summed E-state index contributed by atoms with van der Waals surface area (Å²) >= 11 is 0. The Labute approximate surface area is 183 Å². The topological polar surface area (TPSA) is 93.7 Å². The molecule has 7 heteroatoms. The van der Waals surface area contributed by atoms with Gasteiger partial charge in [-0.05, 0) is 74.0 Å². The first-order chi connectivity index (χ1) is 15.0. The third-order valence-corrected chi connectivity index (χ3v) is 7.15. The van der Waals surface area contributed by atoms with Crippen LogP contribution >= 0.6 is 0 Å². The molecule has 4 aliphatic carbocycles. The molecule has 0 aromatic heterocycles. The highest BCUT2D eigenvalue weighted by molar-refractivity contribution is 5.84. The van der Waals surface area contributed by atoms with Gasteiger partial charge in [0.15, 0.2) is 6.61 Å². The van der Waals surface area contributed by atoms with Crippen LogP contribution in [-0.4, -0.2) is 38.0 Å². The van der Waals surface area contributed by atoms with Crippen molar-refractivity contribution in [3.8, 4) is 5.75 Å². The third kappa shape index (κ3) is 5.20. The van der Waals surface area contributed by atoms with Crippen LogP contribution < -0.4 is 15.4 Å². The van der Waals surface area contributed by atoms with Crippen molar-refractivity contribution < 1.29 is 23.9 Å². The second-order valence-corrected chi connectivity index (χ2v) is 9.49. The van der Waals surface area contributed by atoms with Crippen LogP contribution in [0.3, 0.4) is 0 Å². The summed E-state index contributed by atoms with van der Waals surface area (Å²) in [4.78, 5) is 36.7. The van der Waals surface area contributed by atoms with Crippen molar-refractivity contribution in [1.29, 1.82) is 0 Å². The Kier molecular flexibility index (Phi) is 6.49. The van der Waals surface area contributed by atoms with Crippen LogP contribution in [0, 0.1) is 23.2 Å². The second kappa shape index (κ2) is 9.28. The molecule has 0 aliphatic heterocycles. The maximum atomic E-state index is 12.9. The van der Waals surface area contributed by atoms with Crippen molar-refractivity contribution in [3.05, 3.63) is 29.8 Å². The molecule has 0 saturated heterocycles. The van der Waals surface area contributed by atoms with Gasteiger partial charge >= 0.3 is 5.97 Å². The number of hydrogen-bond acceptors (Lipinski definition) is 5. The first-order valence-electron chi connectivity index (χ1n) is 11.3. The number of rotatable bonds is 9. The molecule has 0 unspecified atom stereocenters. The summed E-state index contributed by atoms with van der Waals surface area (Å²) in [5.74, 6) is 2.14. The summed E-state index contributed by atoms with van der Waals surface area (Å²) in [6.07, 6.45) is 6.96. The summed E-state index contributed by atoms with van der Waals surface area (Å²) in [6.45, 7) is 0.284. The molecule has 7 nitrogen and oxygen atoms in total. The number of nitrogens with one attached hydrogen (secondary N) is 2. The predicted octanol–water partition coefficient (Wildman–Crippen LogP) is 2.58. The molecular formula is C24H32N2O5. The van der Waals surface area contributed by atoms with Gasteiger partial charge in [0.1, 0.15) is 5.75 Å². The lowest BCUT2D eigenvalue weighted by atomic mass is 9.49. The lowest BCUT2D eigenvalue weighted by Gasteiger charge is -2.55. The van der Waals surface area contributed by atoms with Crippen molar-refractivity contribution in [2.75, 3.05) is 20.3 Å². The fraction of sp³-hybridized carbons (Fsp3) is 0.625. The number of ether oxygens (including phenoxy) is 2. The predicted molar refractivity (Wildman–Crippen MR) is 114 cm³/mol. The van der Waals surface area contributed by atoms with Gasteiger partial charge in [0.2, 0.25) is 5.91 Å². The SMILES string of the molecule is COc1ccc(CNC(=O)COC(=O)CCNC(=O)C23CC4CC(CC(C4)C2)C3)cc1. The number of carbonyl (C=O) groups excluding carboxylic acids is 3. The maximum absolute atomic E-state index is 12.9. The molecule has 1 aromatic carbocycles. The summed E-state index contributed by atoms with van der Waals surface area (Å²) < 4.78 is 10.1. The van der Waals surface area contributed by atoms with Crippen LogP contribution in [-0.2, 0) is 25.7 Å². The Bertz CT molecular complexity index is 784. The van der Waals surface area contributed by atoms with E-state index < -0.39 is 5.97 Å². The number of hydrogen-bond donors (Lipinski definition) is 2. The Morgan fingerprint density at radius 2 is 1.58 bits per heavy atom. The monoisotopic (exact) mass is 428 g/mol. The Morgan fingerprint density at radius 3 is 2.16 bits per heavy atom. The van der Waals surface area contributed by atoms with E-state index in [9.17, 15) is 14.4 Å². The van der Waals surface area contributed by atoms with Gasteiger partial charge in [0.05, 0.1) is 13.5 Å². The molecule has 5 rings (SSSR count). The molecule has 0 spiro atoms. The molecule has 0 heterocycles. The van der Waals surface area contributed by atoms with Crippen molar-refractivity contribution in [2.24, 2.45) is 23.2 Å². The highest BCUT2D eigenvalue weighted by atomic mass is 16.5. The van der Waals surface area contributed by atoms with E-state index in [1.54, 1.807) is 7.11 Å². The zero-order valence-electron chi connectivity index (χ0n) is 18.2. The van der Waals surface area contributed by atoms with E-state index in [1.165, 1.54) is 19.3 Å². The Morgan fingerprint density at radius 1 is 0.968 bits per heavy atom. The average molecular weight is 429 g/mol. The molecule has 2 amide bonds. The highest BCUT2D eigenvalue weighted by Gasteiger charge is 2.54. The van der Waals surface area contributed by atoms with E-state index in [0.717, 1.165) is 30.6 Å². The largest absolute Gasteiger partial charge is 0.497 e. The molecule has 4 bridgehead atoms. The van der Waals surface area contributed by atoms with E-state index >= 15 is 0 Å². The van der Waals surface area contributed by atoms with Gasteiger partial charge in [-0.2, -0.15) is 0 Å². The van der Waals surface area contributed by atoms with Crippen molar-refractivity contribution in [2.45, 2.75) is 51.5 Å². The summed E-state index contributed by atoms with van der Waals surface area (Å²) in [5.41, 5.74) is 0.716. The van der Waals surface area contributed by atoms with E-state index in [2.05, 4.69) is 10.6 Å². The van der Waals surface area contributed by atoms with Crippen LogP contribution in [0.5, 0.6) is 5.75 Å². The van der Waals surface area contributed by atoms with E-state index in [4.69, 9.17) is 9.47 Å². The quantitative estimate of drug-likeness (QED) is 0.590. The second-order valence-electron chi connectivity index (χ2n) is 9.49. The molecule has 0 atom stereocenters. The number of esters is 1. The van der Waals surface area contributed by atoms with Gasteiger partial charge in [-0.25, -0.2) is 0 Å². The number of methoxy groups -OCH3 is 1. The number of amides is 2. The number of carbonyl (C=O) groups is 3. The van der Waals surface area contributed by atoms with E-state index in [0.29, 0.717) is 24.3 Å². The van der Waals surface area contributed by atoms with Crippen molar-refractivity contribution in [3.63, 3.8) is 0 Å². The minimum Gasteiger partial charge on any atom is -0.497 e. The molecule has 4 saturated carbocycles. The molecular weight excluding hydrogens is 396 g/mol. The Balaban J connectivity index is 1.12. The first-order valence-corrected chi connectivity index (χ1v) is 11.3. The van der Waals surface area contributed by atoms with Crippen LogP contribution in [0.4, 0.5) is 0 Å². The molecule has 168 valence electrons. The van der Waals surface area contributed by atoms with Crippen LogP contribution in [0.2, 0.25) is 0 Å². The van der Waals surface area contributed by atoms with Gasteiger partial charge in [-0.15, -0.1) is 0 Å². The number of benzene rings is 1.